The predicted molar refractivity (Wildman–Crippen MR) is 134 cm³/mol. The number of hydrogen-bond acceptors (Lipinski definition) is 7. The summed E-state index contributed by atoms with van der Waals surface area (Å²) in [4.78, 5) is 17.0. The van der Waals surface area contributed by atoms with Gasteiger partial charge in [-0.2, -0.15) is 0 Å². The zero-order chi connectivity index (χ0) is 23.1. The van der Waals surface area contributed by atoms with Crippen LogP contribution in [0.15, 0.2) is 67.5 Å². The van der Waals surface area contributed by atoms with Gasteiger partial charge in [-0.3, -0.25) is 4.79 Å². The molecule has 0 spiro atoms. The topological polar surface area (TPSA) is 63.9 Å². The molecule has 0 amide bonds. The molecule has 3 aliphatic rings. The lowest BCUT2D eigenvalue weighted by Gasteiger charge is -2.38. The van der Waals surface area contributed by atoms with Crippen molar-refractivity contribution in [3.05, 3.63) is 69.9 Å². The molecule has 7 heteroatoms. The van der Waals surface area contributed by atoms with Gasteiger partial charge in [0.15, 0.2) is 11.3 Å². The summed E-state index contributed by atoms with van der Waals surface area (Å²) < 4.78 is 17.1. The van der Waals surface area contributed by atoms with Crippen LogP contribution < -0.4 is 15.6 Å². The molecule has 0 bridgehead atoms. The SMILES string of the molecule is CC1(CNc2ccc3c(c2)Cc2cccc(-c4cc(=O)cc(N5CCOCC5)o4)c2S3)COC1. The molecule has 6 nitrogen and oxygen atoms in total. The molecule has 2 fully saturated rings. The summed E-state index contributed by atoms with van der Waals surface area (Å²) in [6.07, 6.45) is 0.856. The van der Waals surface area contributed by atoms with Crippen LogP contribution in [-0.4, -0.2) is 46.1 Å². The van der Waals surface area contributed by atoms with E-state index >= 15 is 0 Å². The van der Waals surface area contributed by atoms with Crippen molar-refractivity contribution in [1.82, 2.24) is 0 Å². The van der Waals surface area contributed by atoms with E-state index in [-0.39, 0.29) is 10.8 Å². The molecule has 0 unspecified atom stereocenters. The summed E-state index contributed by atoms with van der Waals surface area (Å²) in [6.45, 7) is 7.55. The van der Waals surface area contributed by atoms with Gasteiger partial charge in [0.05, 0.1) is 26.4 Å². The highest BCUT2D eigenvalue weighted by Gasteiger charge is 2.33. The molecule has 2 saturated heterocycles. The molecule has 1 N–H and O–H groups in total. The molecule has 3 aromatic rings. The van der Waals surface area contributed by atoms with E-state index in [1.807, 2.05) is 0 Å². The first-order valence-electron chi connectivity index (χ1n) is 11.8. The first-order valence-corrected chi connectivity index (χ1v) is 12.6. The van der Waals surface area contributed by atoms with Crippen molar-refractivity contribution in [3.8, 4) is 11.3 Å². The Morgan fingerprint density at radius 3 is 2.68 bits per heavy atom. The van der Waals surface area contributed by atoms with Crippen LogP contribution in [0.4, 0.5) is 11.6 Å². The van der Waals surface area contributed by atoms with Crippen LogP contribution in [0.2, 0.25) is 0 Å². The maximum atomic E-state index is 12.5. The molecule has 4 heterocycles. The van der Waals surface area contributed by atoms with Gasteiger partial charge in [-0.05, 0) is 35.7 Å². The zero-order valence-corrected chi connectivity index (χ0v) is 20.1. The lowest BCUT2D eigenvalue weighted by Crippen LogP contribution is -2.45. The summed E-state index contributed by atoms with van der Waals surface area (Å²) in [5.74, 6) is 1.24. The Balaban J connectivity index is 1.28. The van der Waals surface area contributed by atoms with Crippen molar-refractivity contribution in [3.63, 3.8) is 0 Å². The van der Waals surface area contributed by atoms with Crippen molar-refractivity contribution >= 4 is 23.3 Å². The molecule has 176 valence electrons. The molecule has 0 saturated carbocycles. The molecule has 0 aliphatic carbocycles. The van der Waals surface area contributed by atoms with Crippen molar-refractivity contribution < 1.29 is 13.9 Å². The highest BCUT2D eigenvalue weighted by atomic mass is 32.2. The number of nitrogens with zero attached hydrogens (tertiary/aromatic N) is 1. The van der Waals surface area contributed by atoms with Crippen LogP contribution in [0.1, 0.15) is 18.1 Å². The van der Waals surface area contributed by atoms with Crippen LogP contribution in [0.25, 0.3) is 11.3 Å². The lowest BCUT2D eigenvalue weighted by molar-refractivity contribution is -0.0924. The number of benzene rings is 2. The normalized spacial score (nSPS) is 18.6. The average Bonchev–Trinajstić information content (AvgIpc) is 2.84. The second kappa shape index (κ2) is 8.80. The Morgan fingerprint density at radius 1 is 1.03 bits per heavy atom. The highest BCUT2D eigenvalue weighted by Crippen LogP contribution is 2.45. The molecule has 0 radical (unpaired) electrons. The number of nitrogens with one attached hydrogen (secondary N) is 1. The van der Waals surface area contributed by atoms with E-state index in [0.717, 1.165) is 55.4 Å². The van der Waals surface area contributed by atoms with Crippen molar-refractivity contribution in [2.24, 2.45) is 5.41 Å². The van der Waals surface area contributed by atoms with Gasteiger partial charge in [0, 0.05) is 58.2 Å². The summed E-state index contributed by atoms with van der Waals surface area (Å²) in [6, 6.07) is 16.1. The van der Waals surface area contributed by atoms with E-state index in [4.69, 9.17) is 13.9 Å². The van der Waals surface area contributed by atoms with E-state index in [0.29, 0.717) is 24.9 Å². The van der Waals surface area contributed by atoms with Crippen LogP contribution in [0.5, 0.6) is 0 Å². The van der Waals surface area contributed by atoms with E-state index in [9.17, 15) is 4.79 Å². The van der Waals surface area contributed by atoms with Gasteiger partial charge < -0.3 is 24.1 Å². The largest absolute Gasteiger partial charge is 0.440 e. The van der Waals surface area contributed by atoms with Gasteiger partial charge in [-0.15, -0.1) is 0 Å². The second-order valence-electron chi connectivity index (χ2n) is 9.65. The van der Waals surface area contributed by atoms with E-state index in [2.05, 4.69) is 53.5 Å². The summed E-state index contributed by atoms with van der Waals surface area (Å²) in [7, 11) is 0. The predicted octanol–water partition coefficient (Wildman–Crippen LogP) is 4.65. The highest BCUT2D eigenvalue weighted by molar-refractivity contribution is 7.99. The van der Waals surface area contributed by atoms with Crippen LogP contribution in [0.3, 0.4) is 0 Å². The number of hydrogen-bond donors (Lipinski definition) is 1. The van der Waals surface area contributed by atoms with Gasteiger partial charge in [0.1, 0.15) is 5.76 Å². The number of morpholine rings is 1. The fourth-order valence-corrected chi connectivity index (χ4v) is 5.85. The molecule has 3 aliphatic heterocycles. The summed E-state index contributed by atoms with van der Waals surface area (Å²) in [5.41, 5.74) is 4.88. The van der Waals surface area contributed by atoms with E-state index < -0.39 is 0 Å². The zero-order valence-electron chi connectivity index (χ0n) is 19.3. The average molecular weight is 477 g/mol. The molecule has 6 rings (SSSR count). The Labute approximate surface area is 203 Å². The van der Waals surface area contributed by atoms with Gasteiger partial charge in [-0.1, -0.05) is 36.9 Å². The van der Waals surface area contributed by atoms with E-state index in [1.54, 1.807) is 23.9 Å². The van der Waals surface area contributed by atoms with Crippen molar-refractivity contribution in [2.75, 3.05) is 56.3 Å². The second-order valence-corrected chi connectivity index (χ2v) is 10.7. The molecular weight excluding hydrogens is 448 g/mol. The van der Waals surface area contributed by atoms with Crippen molar-refractivity contribution in [2.45, 2.75) is 23.1 Å². The third kappa shape index (κ3) is 4.24. The molecule has 1 aromatic heterocycles. The first-order chi connectivity index (χ1) is 16.6. The van der Waals surface area contributed by atoms with Gasteiger partial charge in [0.25, 0.3) is 0 Å². The fourth-order valence-electron chi connectivity index (χ4n) is 4.69. The van der Waals surface area contributed by atoms with Gasteiger partial charge >= 0.3 is 0 Å². The minimum atomic E-state index is -0.0390. The molecule has 0 atom stereocenters. The number of ether oxygens (including phenoxy) is 2. The Bertz CT molecular complexity index is 1280. The molecular formula is C27H28N2O4S. The Hall–Kier alpha value is -2.74. The lowest BCUT2D eigenvalue weighted by atomic mass is 9.88. The monoisotopic (exact) mass is 476 g/mol. The molecule has 2 aromatic carbocycles. The first kappa shape index (κ1) is 21.8. The van der Waals surface area contributed by atoms with Gasteiger partial charge in [-0.25, -0.2) is 0 Å². The standard InChI is InChI=1S/C27H28N2O4S/c1-27(16-32-17-27)15-28-20-5-6-24-19(12-20)11-18-3-2-4-22(26(18)34-24)23-13-21(30)14-25(33-23)29-7-9-31-10-8-29/h2-6,12-14,28H,7-11,15-17H2,1H3. The summed E-state index contributed by atoms with van der Waals surface area (Å²) in [5, 5.41) is 3.59. The van der Waals surface area contributed by atoms with Crippen molar-refractivity contribution in [1.29, 1.82) is 0 Å². The summed E-state index contributed by atoms with van der Waals surface area (Å²) >= 11 is 1.76. The van der Waals surface area contributed by atoms with Crippen LogP contribution in [0, 0.1) is 5.41 Å². The fraction of sp³-hybridized carbons (Fsp3) is 0.370. The minimum absolute atomic E-state index is 0.0390. The maximum absolute atomic E-state index is 12.5. The van der Waals surface area contributed by atoms with Crippen LogP contribution in [-0.2, 0) is 15.9 Å². The third-order valence-corrected chi connectivity index (χ3v) is 8.02. The molecule has 34 heavy (non-hydrogen) atoms. The maximum Gasteiger partial charge on any atom is 0.200 e. The Kier molecular flexibility index (Phi) is 5.63. The van der Waals surface area contributed by atoms with Crippen LogP contribution >= 0.6 is 11.8 Å². The minimum Gasteiger partial charge on any atom is -0.440 e. The van der Waals surface area contributed by atoms with E-state index in [1.165, 1.54) is 16.0 Å². The Morgan fingerprint density at radius 2 is 1.88 bits per heavy atom. The number of anilines is 2. The third-order valence-electron chi connectivity index (χ3n) is 6.71. The quantitative estimate of drug-likeness (QED) is 0.450. The smallest absolute Gasteiger partial charge is 0.200 e. The van der Waals surface area contributed by atoms with Gasteiger partial charge in [0.2, 0.25) is 0 Å². The number of rotatable bonds is 5. The number of fused-ring (bicyclic) bond motifs is 2.